The Morgan fingerprint density at radius 1 is 0.471 bits per heavy atom. The molecule has 464 valence electrons. The fourth-order valence-electron chi connectivity index (χ4n) is 8.73. The van der Waals surface area contributed by atoms with Crippen molar-refractivity contribution >= 4 is 80.2 Å². The van der Waals surface area contributed by atoms with E-state index in [2.05, 4.69) is 76.9 Å². The Labute approximate surface area is 521 Å². The minimum Gasteiger partial charge on any atom is -0.505 e. The predicted octanol–water partition coefficient (Wildman–Crippen LogP) is 14.9. The Hall–Kier alpha value is -7.75. The van der Waals surface area contributed by atoms with Gasteiger partial charge in [-0.3, -0.25) is 9.59 Å². The number of phenols is 3. The summed E-state index contributed by atoms with van der Waals surface area (Å²) in [6, 6.07) is 27.3. The first kappa shape index (κ1) is 66.8. The predicted molar refractivity (Wildman–Crippen MR) is 345 cm³/mol. The van der Waals surface area contributed by atoms with Gasteiger partial charge in [-0.25, -0.2) is 0 Å². The van der Waals surface area contributed by atoms with Gasteiger partial charge in [0.25, 0.3) is 0 Å². The van der Waals surface area contributed by atoms with Crippen molar-refractivity contribution in [1.29, 1.82) is 0 Å². The topological polar surface area (TPSA) is 244 Å². The number of carbonyl (C=O) groups is 2. The van der Waals surface area contributed by atoms with E-state index in [0.717, 1.165) is 65.0 Å². The number of ether oxygens (including phenoxy) is 4. The second-order valence-corrected chi connectivity index (χ2v) is 26.4. The molecule has 0 radical (unpaired) electrons. The number of unbranched alkanes of at least 4 members (excludes halogenated alkanes) is 3. The van der Waals surface area contributed by atoms with Gasteiger partial charge >= 0.3 is 11.9 Å². The molecule has 0 aliphatic rings. The highest BCUT2D eigenvalue weighted by molar-refractivity contribution is 8.00. The van der Waals surface area contributed by atoms with Crippen molar-refractivity contribution in [2.75, 3.05) is 38.4 Å². The zero-order valence-electron chi connectivity index (χ0n) is 51.9. The molecule has 3 heterocycles. The number of methoxy groups -OCH3 is 1. The lowest BCUT2D eigenvalue weighted by Crippen LogP contribution is -2.14. The number of hydrogen-bond acceptors (Lipinski definition) is 17. The van der Waals surface area contributed by atoms with E-state index in [1.807, 2.05) is 90.1 Å². The molecule has 3 aromatic heterocycles. The number of thioether (sulfide) groups is 2. The van der Waals surface area contributed by atoms with Crippen LogP contribution in [0.15, 0.2) is 101 Å². The number of carboxylic acids is 1. The third-order valence-electron chi connectivity index (χ3n) is 13.6. The smallest absolute Gasteiger partial charge is 0.315 e. The third kappa shape index (κ3) is 17.7. The number of aromatic nitrogens is 9. The summed E-state index contributed by atoms with van der Waals surface area (Å²) in [5.41, 5.74) is 6.93. The molecule has 0 amide bonds. The number of aliphatic carboxylic acids is 1. The van der Waals surface area contributed by atoms with Crippen LogP contribution in [-0.2, 0) is 30.6 Å². The maximum Gasteiger partial charge on any atom is 0.315 e. The van der Waals surface area contributed by atoms with Crippen LogP contribution in [0.5, 0.6) is 34.5 Å². The van der Waals surface area contributed by atoms with Crippen LogP contribution in [0.4, 0.5) is 0 Å². The SMILES string of the molecule is CCCCOc1cc(-n2nc3ccc(Cl)cc3n2)c(O)c(C(C)(C)C)c1.CCCCOc1cc(-n2nc3ccc(SCC(=O)O)cc3n2)c(O)c(C(C)(C)C)c1.CCCCOc1cc(-n2nc3ccc(SCC(=O)OC)cc3n2)c(O)c(C(C)(C)C)c1. The summed E-state index contributed by atoms with van der Waals surface area (Å²) < 4.78 is 22.4. The summed E-state index contributed by atoms with van der Waals surface area (Å²) >= 11 is 8.64. The van der Waals surface area contributed by atoms with Crippen LogP contribution in [-0.4, -0.2) is 116 Å². The van der Waals surface area contributed by atoms with Gasteiger partial charge in [0.05, 0.1) is 38.4 Å². The van der Waals surface area contributed by atoms with Gasteiger partial charge < -0.3 is 39.4 Å². The van der Waals surface area contributed by atoms with Gasteiger partial charge in [-0.05, 0) is 108 Å². The highest BCUT2D eigenvalue weighted by Gasteiger charge is 2.27. The minimum atomic E-state index is -0.872. The molecule has 9 rings (SSSR count). The number of halogens is 1. The largest absolute Gasteiger partial charge is 0.505 e. The van der Waals surface area contributed by atoms with Crippen molar-refractivity contribution in [2.45, 2.75) is 148 Å². The van der Waals surface area contributed by atoms with Crippen molar-refractivity contribution in [3.63, 3.8) is 0 Å². The van der Waals surface area contributed by atoms with Crippen LogP contribution < -0.4 is 14.2 Å². The number of hydrogen-bond donors (Lipinski definition) is 4. The van der Waals surface area contributed by atoms with Crippen LogP contribution in [0.25, 0.3) is 50.2 Å². The Bertz CT molecular complexity index is 3840. The number of esters is 1. The monoisotopic (exact) mass is 1250 g/mol. The second kappa shape index (κ2) is 29.3. The van der Waals surface area contributed by atoms with Crippen LogP contribution >= 0.6 is 35.1 Å². The fraction of sp³-hybridized carbons (Fsp3) is 0.415. The number of carbonyl (C=O) groups excluding carboxylic acids is 1. The van der Waals surface area contributed by atoms with Crippen molar-refractivity contribution < 1.29 is 49.0 Å². The first-order chi connectivity index (χ1) is 41.2. The van der Waals surface area contributed by atoms with E-state index in [-0.39, 0.29) is 51.0 Å². The normalized spacial score (nSPS) is 11.7. The Kier molecular flexibility index (Phi) is 22.5. The van der Waals surface area contributed by atoms with Gasteiger partial charge in [-0.15, -0.1) is 68.5 Å². The molecule has 87 heavy (non-hydrogen) atoms. The molecular formula is C65H80ClN9O10S2. The van der Waals surface area contributed by atoms with Crippen molar-refractivity contribution in [1.82, 2.24) is 45.0 Å². The number of carboxylic acid groups (broad SMARTS) is 1. The zero-order chi connectivity index (χ0) is 63.4. The summed E-state index contributed by atoms with van der Waals surface area (Å²) in [7, 11) is 1.37. The summed E-state index contributed by atoms with van der Waals surface area (Å²) in [6.45, 7) is 26.5. The van der Waals surface area contributed by atoms with Gasteiger partial charge in [0.2, 0.25) is 0 Å². The summed E-state index contributed by atoms with van der Waals surface area (Å²) in [6.07, 6.45) is 6.01. The maximum atomic E-state index is 11.4. The molecule has 0 aliphatic carbocycles. The third-order valence-corrected chi connectivity index (χ3v) is 15.7. The van der Waals surface area contributed by atoms with Crippen molar-refractivity contribution in [3.05, 3.63) is 113 Å². The number of phenolic OH excluding ortho intramolecular Hbond substituents is 3. The van der Waals surface area contributed by atoms with E-state index in [9.17, 15) is 24.9 Å². The lowest BCUT2D eigenvalue weighted by Gasteiger charge is -2.23. The minimum absolute atomic E-state index is 0.0213. The first-order valence-corrected chi connectivity index (χ1v) is 31.4. The van der Waals surface area contributed by atoms with E-state index in [0.29, 0.717) is 92.3 Å². The Balaban J connectivity index is 0.000000187. The average molecular weight is 1250 g/mol. The molecule has 0 spiro atoms. The van der Waals surface area contributed by atoms with Gasteiger partial charge in [-0.1, -0.05) is 114 Å². The lowest BCUT2D eigenvalue weighted by atomic mass is 9.86. The molecule has 0 aliphatic heterocycles. The molecule has 0 unspecified atom stereocenters. The fourth-order valence-corrected chi connectivity index (χ4v) is 10.3. The molecule has 22 heteroatoms. The number of aromatic hydroxyl groups is 3. The number of benzene rings is 6. The molecule has 0 saturated carbocycles. The molecule has 9 aromatic rings. The molecule has 0 saturated heterocycles. The van der Waals surface area contributed by atoms with E-state index in [1.54, 1.807) is 42.5 Å². The molecule has 4 N–H and O–H groups in total. The van der Waals surface area contributed by atoms with Crippen LogP contribution in [0.2, 0.25) is 5.02 Å². The average Bonchev–Trinajstić information content (AvgIpc) is 2.21. The van der Waals surface area contributed by atoms with E-state index < -0.39 is 5.97 Å². The first-order valence-electron chi connectivity index (χ1n) is 29.0. The standard InChI is InChI=1S/C23H29N3O4S.C22H27N3O4S.C20H24ClN3O2/c1-6-7-10-30-15-11-17(23(2,3)4)22(28)20(12-15)26-24-18-9-8-16(13-19(18)25-26)31-14-21(27)29-5;1-5-6-9-29-14-10-16(22(2,3)4)21(28)19(11-14)25-23-17-8-7-15(12-18(17)24-25)30-13-20(26)27;1-5-6-9-26-14-11-15(20(2,3)4)19(25)18(12-14)24-22-16-8-7-13(21)10-17(16)23-24/h8-9,11-13,28H,6-7,10,14H2,1-5H3;7-8,10-12,28H,5-6,9,13H2,1-4H3,(H,26,27);7-8,10-12,25H,5-6,9H2,1-4H3. The van der Waals surface area contributed by atoms with E-state index in [1.165, 1.54) is 45.0 Å². The molecule has 0 fully saturated rings. The number of rotatable bonds is 21. The van der Waals surface area contributed by atoms with Gasteiger partial charge in [0.15, 0.2) is 0 Å². The zero-order valence-corrected chi connectivity index (χ0v) is 54.3. The highest BCUT2D eigenvalue weighted by Crippen LogP contribution is 2.42. The molecule has 0 atom stereocenters. The van der Waals surface area contributed by atoms with Crippen LogP contribution in [0, 0.1) is 0 Å². The summed E-state index contributed by atoms with van der Waals surface area (Å²) in [5.74, 6) is 1.51. The molecule has 6 aromatic carbocycles. The highest BCUT2D eigenvalue weighted by atomic mass is 35.5. The quantitative estimate of drug-likeness (QED) is 0.0297. The lowest BCUT2D eigenvalue weighted by molar-refractivity contribution is -0.137. The number of nitrogens with zero attached hydrogens (tertiary/aromatic N) is 9. The Morgan fingerprint density at radius 3 is 1.11 bits per heavy atom. The second-order valence-electron chi connectivity index (χ2n) is 23.8. The molecular weight excluding hydrogens is 1170 g/mol. The molecule has 19 nitrogen and oxygen atoms in total. The maximum absolute atomic E-state index is 11.4. The van der Waals surface area contributed by atoms with Crippen molar-refractivity contribution in [2.24, 2.45) is 0 Å². The van der Waals surface area contributed by atoms with Crippen LogP contribution in [0.1, 0.15) is 138 Å². The Morgan fingerprint density at radius 2 is 0.793 bits per heavy atom. The number of fused-ring (bicyclic) bond motifs is 3. The van der Waals surface area contributed by atoms with Gasteiger partial charge in [0.1, 0.15) is 84.7 Å². The van der Waals surface area contributed by atoms with Crippen LogP contribution in [0.3, 0.4) is 0 Å². The van der Waals surface area contributed by atoms with E-state index in [4.69, 9.17) is 30.9 Å². The van der Waals surface area contributed by atoms with E-state index >= 15 is 0 Å². The summed E-state index contributed by atoms with van der Waals surface area (Å²) in [5, 5.41) is 69.4. The van der Waals surface area contributed by atoms with Gasteiger partial charge in [0, 0.05) is 49.7 Å². The molecule has 0 bridgehead atoms. The summed E-state index contributed by atoms with van der Waals surface area (Å²) in [4.78, 5) is 28.2. The van der Waals surface area contributed by atoms with Gasteiger partial charge in [-0.2, -0.15) is 0 Å². The van der Waals surface area contributed by atoms with Crippen molar-refractivity contribution in [3.8, 4) is 51.6 Å².